The van der Waals surface area contributed by atoms with Gasteiger partial charge in [0, 0.05) is 18.6 Å². The molecule has 1 aromatic carbocycles. The van der Waals surface area contributed by atoms with Gasteiger partial charge in [0.1, 0.15) is 11.8 Å². The molecule has 20 heavy (non-hydrogen) atoms. The van der Waals surface area contributed by atoms with Gasteiger partial charge in [0.05, 0.1) is 5.02 Å². The van der Waals surface area contributed by atoms with Crippen molar-refractivity contribution in [2.24, 2.45) is 5.84 Å². The molecule has 0 saturated heterocycles. The minimum absolute atomic E-state index is 0.404. The number of rotatable bonds is 7. The Balaban J connectivity index is 2.34. The van der Waals surface area contributed by atoms with Crippen LogP contribution in [0.2, 0.25) is 5.02 Å². The van der Waals surface area contributed by atoms with Crippen molar-refractivity contribution < 1.29 is 13.9 Å². The van der Waals surface area contributed by atoms with Gasteiger partial charge in [-0.2, -0.15) is 0 Å². The molecule has 1 heterocycles. The molecule has 0 spiro atoms. The number of benzene rings is 1. The zero-order valence-electron chi connectivity index (χ0n) is 11.6. The summed E-state index contributed by atoms with van der Waals surface area (Å²) in [7, 11) is 0. The minimum Gasteiger partial charge on any atom is -0.458 e. The molecule has 0 aliphatic rings. The van der Waals surface area contributed by atoms with Crippen LogP contribution in [0.25, 0.3) is 11.0 Å². The highest BCUT2D eigenvalue weighted by Crippen LogP contribution is 2.31. The number of hydrazine groups is 1. The molecule has 3 N–H and O–H groups in total. The first kappa shape index (κ1) is 15.3. The topological polar surface area (TPSA) is 69.7 Å². The molecule has 110 valence electrons. The van der Waals surface area contributed by atoms with Gasteiger partial charge in [-0.1, -0.05) is 23.7 Å². The number of furan rings is 1. The Hall–Kier alpha value is -1.11. The van der Waals surface area contributed by atoms with Crippen LogP contribution in [0, 0.1) is 0 Å². The molecule has 0 aliphatic heterocycles. The van der Waals surface area contributed by atoms with E-state index in [9.17, 15) is 0 Å². The molecule has 0 aliphatic carbocycles. The Morgan fingerprint density at radius 1 is 1.30 bits per heavy atom. The zero-order chi connectivity index (χ0) is 14.5. The lowest BCUT2D eigenvalue weighted by molar-refractivity contribution is -0.157. The summed E-state index contributed by atoms with van der Waals surface area (Å²) < 4.78 is 16.9. The molecule has 0 saturated carbocycles. The number of para-hydroxylation sites is 1. The molecule has 0 fully saturated rings. The van der Waals surface area contributed by atoms with Gasteiger partial charge in [0.25, 0.3) is 0 Å². The highest BCUT2D eigenvalue weighted by Gasteiger charge is 2.26. The van der Waals surface area contributed by atoms with E-state index >= 15 is 0 Å². The molecule has 1 atom stereocenters. The van der Waals surface area contributed by atoms with E-state index in [0.717, 1.165) is 5.39 Å². The molecule has 1 unspecified atom stereocenters. The Labute approximate surface area is 122 Å². The summed E-state index contributed by atoms with van der Waals surface area (Å²) in [5.41, 5.74) is 3.32. The summed E-state index contributed by atoms with van der Waals surface area (Å²) in [5, 5.41) is 1.48. The maximum atomic E-state index is 6.11. The number of hydrogen-bond acceptors (Lipinski definition) is 5. The zero-order valence-corrected chi connectivity index (χ0v) is 12.3. The standard InChI is InChI=1S/C14H19ClN2O3/c1-3-18-14(19-4-2)12(17-16)11-8-9-6-5-7-10(15)13(9)20-11/h5-8,12,14,17H,3-4,16H2,1-2H3. The highest BCUT2D eigenvalue weighted by atomic mass is 35.5. The van der Waals surface area contributed by atoms with Crippen LogP contribution in [-0.4, -0.2) is 19.5 Å². The predicted octanol–water partition coefficient (Wildman–Crippen LogP) is 2.99. The summed E-state index contributed by atoms with van der Waals surface area (Å²) >= 11 is 6.11. The number of fused-ring (bicyclic) bond motifs is 1. The van der Waals surface area contributed by atoms with Gasteiger partial charge in [-0.25, -0.2) is 5.43 Å². The summed E-state index contributed by atoms with van der Waals surface area (Å²) in [6.07, 6.45) is -0.519. The highest BCUT2D eigenvalue weighted by molar-refractivity contribution is 6.34. The van der Waals surface area contributed by atoms with Crippen molar-refractivity contribution in [3.05, 3.63) is 35.0 Å². The number of nitrogens with two attached hydrogens (primary N) is 1. The number of halogens is 1. The lowest BCUT2D eigenvalue weighted by Gasteiger charge is -2.24. The smallest absolute Gasteiger partial charge is 0.181 e. The average Bonchev–Trinajstić information content (AvgIpc) is 2.85. The van der Waals surface area contributed by atoms with Gasteiger partial charge in [-0.05, 0) is 26.0 Å². The van der Waals surface area contributed by atoms with Crippen LogP contribution < -0.4 is 11.3 Å². The van der Waals surface area contributed by atoms with Crippen LogP contribution in [-0.2, 0) is 9.47 Å². The lowest BCUT2D eigenvalue weighted by Crippen LogP contribution is -2.39. The fourth-order valence-electron chi connectivity index (χ4n) is 2.06. The van der Waals surface area contributed by atoms with Crippen LogP contribution in [0.15, 0.2) is 28.7 Å². The molecule has 0 amide bonds. The molecular formula is C14H19ClN2O3. The summed E-state index contributed by atoms with van der Waals surface area (Å²) in [6, 6.07) is 7.06. The van der Waals surface area contributed by atoms with Gasteiger partial charge < -0.3 is 13.9 Å². The van der Waals surface area contributed by atoms with E-state index < -0.39 is 12.3 Å². The van der Waals surface area contributed by atoms with Crippen LogP contribution >= 0.6 is 11.6 Å². The normalized spacial score (nSPS) is 13.2. The van der Waals surface area contributed by atoms with Crippen LogP contribution in [0.3, 0.4) is 0 Å². The third-order valence-electron chi connectivity index (χ3n) is 2.94. The SMILES string of the molecule is CCOC(OCC)C(NN)c1cc2cccc(Cl)c2o1. The van der Waals surface area contributed by atoms with E-state index in [2.05, 4.69) is 5.43 Å². The first-order valence-corrected chi connectivity index (χ1v) is 6.96. The number of nitrogens with one attached hydrogen (secondary N) is 1. The fourth-order valence-corrected chi connectivity index (χ4v) is 2.29. The van der Waals surface area contributed by atoms with Crippen molar-refractivity contribution in [2.45, 2.75) is 26.2 Å². The Morgan fingerprint density at radius 3 is 2.55 bits per heavy atom. The van der Waals surface area contributed by atoms with Crippen molar-refractivity contribution in [1.29, 1.82) is 0 Å². The largest absolute Gasteiger partial charge is 0.458 e. The van der Waals surface area contributed by atoms with Crippen molar-refractivity contribution >= 4 is 22.6 Å². The van der Waals surface area contributed by atoms with Gasteiger partial charge in [0.2, 0.25) is 0 Å². The van der Waals surface area contributed by atoms with Crippen molar-refractivity contribution in [3.63, 3.8) is 0 Å². The third kappa shape index (κ3) is 3.13. The lowest BCUT2D eigenvalue weighted by atomic mass is 10.2. The molecule has 2 rings (SSSR count). The van der Waals surface area contributed by atoms with Crippen LogP contribution in [0.1, 0.15) is 25.6 Å². The van der Waals surface area contributed by atoms with E-state index in [1.54, 1.807) is 6.07 Å². The maximum absolute atomic E-state index is 6.11. The average molecular weight is 299 g/mol. The Kier molecular flexibility index (Phi) is 5.39. The van der Waals surface area contributed by atoms with E-state index in [1.165, 1.54) is 0 Å². The predicted molar refractivity (Wildman–Crippen MR) is 78.3 cm³/mol. The first-order chi connectivity index (χ1) is 9.71. The van der Waals surface area contributed by atoms with Crippen molar-refractivity contribution in [1.82, 2.24) is 5.43 Å². The van der Waals surface area contributed by atoms with Crippen LogP contribution in [0.4, 0.5) is 0 Å². The quantitative estimate of drug-likeness (QED) is 0.467. The molecule has 0 bridgehead atoms. The van der Waals surface area contributed by atoms with E-state index in [1.807, 2.05) is 32.0 Å². The monoisotopic (exact) mass is 298 g/mol. The second-order valence-electron chi connectivity index (χ2n) is 4.23. The van der Waals surface area contributed by atoms with Gasteiger partial charge >= 0.3 is 0 Å². The Morgan fingerprint density at radius 2 is 2.00 bits per heavy atom. The van der Waals surface area contributed by atoms with Gasteiger partial charge in [-0.15, -0.1) is 0 Å². The first-order valence-electron chi connectivity index (χ1n) is 6.58. The number of ether oxygens (including phenoxy) is 2. The van der Waals surface area contributed by atoms with Gasteiger partial charge in [0.15, 0.2) is 11.9 Å². The second kappa shape index (κ2) is 7.06. The minimum atomic E-state index is -0.519. The molecular weight excluding hydrogens is 280 g/mol. The third-order valence-corrected chi connectivity index (χ3v) is 3.23. The summed E-state index contributed by atoms with van der Waals surface area (Å²) in [4.78, 5) is 0. The van der Waals surface area contributed by atoms with Gasteiger partial charge in [-0.3, -0.25) is 5.84 Å². The van der Waals surface area contributed by atoms with Crippen molar-refractivity contribution in [3.8, 4) is 0 Å². The Bertz CT molecular complexity index is 552. The fraction of sp³-hybridized carbons (Fsp3) is 0.429. The van der Waals surface area contributed by atoms with Crippen molar-refractivity contribution in [2.75, 3.05) is 13.2 Å². The van der Waals surface area contributed by atoms with E-state index in [-0.39, 0.29) is 0 Å². The molecule has 6 heteroatoms. The molecule has 1 aromatic heterocycles. The molecule has 5 nitrogen and oxygen atoms in total. The summed E-state index contributed by atoms with van der Waals surface area (Å²) in [5.74, 6) is 6.25. The van der Waals surface area contributed by atoms with Crippen LogP contribution in [0.5, 0.6) is 0 Å². The maximum Gasteiger partial charge on any atom is 0.181 e. The van der Waals surface area contributed by atoms with E-state index in [4.69, 9.17) is 31.3 Å². The number of hydrogen-bond donors (Lipinski definition) is 2. The van der Waals surface area contributed by atoms with E-state index in [0.29, 0.717) is 29.6 Å². The summed E-state index contributed by atoms with van der Waals surface area (Å²) in [6.45, 7) is 4.83. The second-order valence-corrected chi connectivity index (χ2v) is 4.64. The molecule has 0 radical (unpaired) electrons. The molecule has 2 aromatic rings.